The highest BCUT2D eigenvalue weighted by atomic mass is 16.5. The number of nitrogens with zero attached hydrogens (tertiary/aromatic N) is 1. The Morgan fingerprint density at radius 3 is 2.60 bits per heavy atom. The summed E-state index contributed by atoms with van der Waals surface area (Å²) in [6, 6.07) is 14.0. The molecule has 2 atom stereocenters. The molecule has 0 fully saturated rings. The van der Waals surface area contributed by atoms with Gasteiger partial charge in [0.05, 0.1) is 44.2 Å². The van der Waals surface area contributed by atoms with Crippen molar-refractivity contribution in [3.8, 4) is 22.8 Å². The van der Waals surface area contributed by atoms with Gasteiger partial charge in [0.25, 0.3) is 0 Å². The number of aliphatic hydroxyl groups is 1. The maximum absolute atomic E-state index is 12.4. The average molecular weight is 593 g/mol. The summed E-state index contributed by atoms with van der Waals surface area (Å²) in [6.45, 7) is 3.55. The Morgan fingerprint density at radius 1 is 1.07 bits per heavy atom. The largest absolute Gasteiger partial charge is 0.490 e. The lowest BCUT2D eigenvalue weighted by atomic mass is 9.95. The quantitative estimate of drug-likeness (QED) is 0.106. The zero-order valence-electron chi connectivity index (χ0n) is 24.0. The first kappa shape index (κ1) is 30.7. The molecule has 1 aliphatic rings. The van der Waals surface area contributed by atoms with Gasteiger partial charge in [-0.1, -0.05) is 18.2 Å². The number of carbonyl (C=O) groups excluding carboxylic acids is 3. The van der Waals surface area contributed by atoms with Crippen molar-refractivity contribution in [1.29, 1.82) is 0 Å². The first-order valence-electron chi connectivity index (χ1n) is 13.2. The number of rotatable bonds is 12. The number of hydrazone groups is 1. The van der Waals surface area contributed by atoms with Gasteiger partial charge in [0.15, 0.2) is 17.7 Å². The van der Waals surface area contributed by atoms with Crippen molar-refractivity contribution in [2.75, 3.05) is 27.4 Å². The maximum Gasteiger partial charge on any atom is 0.337 e. The van der Waals surface area contributed by atoms with E-state index in [9.17, 15) is 19.5 Å². The standard InChI is InChI=1S/C30H32N4O9/c1-5-41-24-14-19(27-26(29(37)40-4)17(2)32-30(38)33-27)9-11-23(24)42-16-25(35)34-31-15-21-10-12-22(43-21)18-7-6-8-20(13-18)28(36)39-3/h6-15,25,27,34-35H,5,16H2,1-4H3,(H2,32,33,38)/b31-15+/t25-,27-/m1/s1. The highest BCUT2D eigenvalue weighted by molar-refractivity contribution is 5.95. The van der Waals surface area contributed by atoms with E-state index >= 15 is 0 Å². The summed E-state index contributed by atoms with van der Waals surface area (Å²) >= 11 is 0. The van der Waals surface area contributed by atoms with Crippen molar-refractivity contribution >= 4 is 24.2 Å². The van der Waals surface area contributed by atoms with Crippen LogP contribution in [0, 0.1) is 0 Å². The van der Waals surface area contributed by atoms with Crippen molar-refractivity contribution < 1.29 is 42.9 Å². The molecule has 226 valence electrons. The third kappa shape index (κ3) is 7.51. The molecule has 4 N–H and O–H groups in total. The van der Waals surface area contributed by atoms with Crippen LogP contribution >= 0.6 is 0 Å². The number of hydrogen-bond donors (Lipinski definition) is 4. The van der Waals surface area contributed by atoms with Crippen LogP contribution in [-0.4, -0.2) is 63.0 Å². The Balaban J connectivity index is 1.38. The smallest absolute Gasteiger partial charge is 0.337 e. The van der Waals surface area contributed by atoms with E-state index in [0.717, 1.165) is 0 Å². The number of methoxy groups -OCH3 is 2. The van der Waals surface area contributed by atoms with E-state index in [0.29, 0.717) is 52.0 Å². The van der Waals surface area contributed by atoms with Crippen LogP contribution in [0.5, 0.6) is 11.5 Å². The minimum Gasteiger partial charge on any atom is -0.490 e. The number of furan rings is 1. The first-order valence-corrected chi connectivity index (χ1v) is 13.2. The number of ether oxygens (including phenoxy) is 4. The lowest BCUT2D eigenvalue weighted by Crippen LogP contribution is -2.45. The van der Waals surface area contributed by atoms with Crippen molar-refractivity contribution in [1.82, 2.24) is 16.1 Å². The molecule has 13 nitrogen and oxygen atoms in total. The Kier molecular flexibility index (Phi) is 10.0. The van der Waals surface area contributed by atoms with Gasteiger partial charge >= 0.3 is 18.0 Å². The van der Waals surface area contributed by atoms with E-state index in [4.69, 9.17) is 23.4 Å². The normalized spacial score (nSPS) is 15.4. The molecule has 4 rings (SSSR count). The number of amides is 2. The summed E-state index contributed by atoms with van der Waals surface area (Å²) in [6.07, 6.45) is 0.204. The predicted octanol–water partition coefficient (Wildman–Crippen LogP) is 3.25. The molecule has 0 unspecified atom stereocenters. The second kappa shape index (κ2) is 14.0. The van der Waals surface area contributed by atoms with Crippen LogP contribution in [-0.2, 0) is 14.3 Å². The molecule has 2 aromatic carbocycles. The SMILES string of the molecule is CCOc1cc([C@H]2NC(=O)NC(C)=C2C(=O)OC)ccc1OC[C@@H](O)N/N=C/c1ccc(-c2cccc(C(=O)OC)c2)o1. The highest BCUT2D eigenvalue weighted by Gasteiger charge is 2.32. The Labute approximate surface area is 247 Å². The first-order chi connectivity index (χ1) is 20.7. The fraction of sp³-hybridized carbons (Fsp3) is 0.267. The summed E-state index contributed by atoms with van der Waals surface area (Å²) in [5.74, 6) is 0.590. The van der Waals surface area contributed by atoms with E-state index in [2.05, 4.69) is 21.2 Å². The minimum absolute atomic E-state index is 0.184. The number of esters is 2. The molecular formula is C30H32N4O9. The molecule has 1 aromatic heterocycles. The maximum atomic E-state index is 12.4. The van der Waals surface area contributed by atoms with Gasteiger partial charge in [0.2, 0.25) is 0 Å². The van der Waals surface area contributed by atoms with Crippen LogP contribution in [0.2, 0.25) is 0 Å². The Bertz CT molecular complexity index is 1550. The number of aliphatic hydroxyl groups excluding tert-OH is 1. The molecule has 3 aromatic rings. The molecule has 13 heteroatoms. The average Bonchev–Trinajstić information content (AvgIpc) is 3.48. The predicted molar refractivity (Wildman–Crippen MR) is 154 cm³/mol. The summed E-state index contributed by atoms with van der Waals surface area (Å²) in [4.78, 5) is 36.3. The van der Waals surface area contributed by atoms with Gasteiger partial charge in [-0.05, 0) is 55.8 Å². The van der Waals surface area contributed by atoms with E-state index in [1.807, 2.05) is 0 Å². The topological polar surface area (TPSA) is 170 Å². The van der Waals surface area contributed by atoms with E-state index in [-0.39, 0.29) is 12.2 Å². The van der Waals surface area contributed by atoms with Crippen molar-refractivity contribution in [2.45, 2.75) is 26.1 Å². The third-order valence-corrected chi connectivity index (χ3v) is 6.28. The zero-order chi connectivity index (χ0) is 30.9. The van der Waals surface area contributed by atoms with E-state index < -0.39 is 30.2 Å². The number of benzene rings is 2. The fourth-order valence-electron chi connectivity index (χ4n) is 4.30. The monoisotopic (exact) mass is 592 g/mol. The van der Waals surface area contributed by atoms with Gasteiger partial charge in [-0.15, -0.1) is 0 Å². The third-order valence-electron chi connectivity index (χ3n) is 6.28. The molecule has 2 heterocycles. The van der Waals surface area contributed by atoms with Gasteiger partial charge in [0, 0.05) is 11.3 Å². The molecule has 0 bridgehead atoms. The van der Waals surface area contributed by atoms with Crippen LogP contribution in [0.25, 0.3) is 11.3 Å². The lowest BCUT2D eigenvalue weighted by molar-refractivity contribution is -0.136. The number of urea groups is 1. The summed E-state index contributed by atoms with van der Waals surface area (Å²) in [5.41, 5.74) is 4.86. The van der Waals surface area contributed by atoms with Crippen LogP contribution < -0.4 is 25.5 Å². The van der Waals surface area contributed by atoms with Crippen LogP contribution in [0.3, 0.4) is 0 Å². The van der Waals surface area contributed by atoms with Gasteiger partial charge in [0.1, 0.15) is 18.1 Å². The number of hydrogen-bond acceptors (Lipinski definition) is 11. The second-order valence-electron chi connectivity index (χ2n) is 9.19. The zero-order valence-corrected chi connectivity index (χ0v) is 24.0. The van der Waals surface area contributed by atoms with Crippen LogP contribution in [0.1, 0.15) is 41.6 Å². The molecule has 0 radical (unpaired) electrons. The van der Waals surface area contributed by atoms with E-state index in [1.54, 1.807) is 68.4 Å². The molecule has 2 amide bonds. The molecule has 43 heavy (non-hydrogen) atoms. The van der Waals surface area contributed by atoms with Crippen LogP contribution in [0.4, 0.5) is 4.79 Å². The molecule has 0 saturated carbocycles. The Hall–Kier alpha value is -5.30. The summed E-state index contributed by atoms with van der Waals surface area (Å²) in [5, 5.41) is 19.7. The highest BCUT2D eigenvalue weighted by Crippen LogP contribution is 2.35. The number of allylic oxidation sites excluding steroid dienone is 1. The molecule has 1 aliphatic heterocycles. The van der Waals surface area contributed by atoms with Gasteiger partial charge in [-0.2, -0.15) is 5.10 Å². The number of carbonyl (C=O) groups is 3. The molecule has 0 aliphatic carbocycles. The Morgan fingerprint density at radius 2 is 1.86 bits per heavy atom. The number of nitrogens with one attached hydrogen (secondary N) is 3. The van der Waals surface area contributed by atoms with Gasteiger partial charge in [-0.25, -0.2) is 14.4 Å². The fourth-order valence-corrected chi connectivity index (χ4v) is 4.30. The van der Waals surface area contributed by atoms with Crippen molar-refractivity contribution in [2.24, 2.45) is 5.10 Å². The van der Waals surface area contributed by atoms with E-state index in [1.165, 1.54) is 20.4 Å². The lowest BCUT2D eigenvalue weighted by Gasteiger charge is -2.28. The van der Waals surface area contributed by atoms with Crippen LogP contribution in [0.15, 0.2) is 75.4 Å². The summed E-state index contributed by atoms with van der Waals surface area (Å²) in [7, 11) is 2.58. The van der Waals surface area contributed by atoms with Crippen molar-refractivity contribution in [3.05, 3.63) is 82.8 Å². The second-order valence-corrected chi connectivity index (χ2v) is 9.19. The molecule has 0 spiro atoms. The molecule has 0 saturated heterocycles. The van der Waals surface area contributed by atoms with Crippen molar-refractivity contribution in [3.63, 3.8) is 0 Å². The summed E-state index contributed by atoms with van der Waals surface area (Å²) < 4.78 is 26.9. The molecular weight excluding hydrogens is 560 g/mol. The minimum atomic E-state index is -1.18. The van der Waals surface area contributed by atoms with Gasteiger partial charge < -0.3 is 39.1 Å². The van der Waals surface area contributed by atoms with Gasteiger partial charge in [-0.3, -0.25) is 5.43 Å².